The van der Waals surface area contributed by atoms with Crippen molar-refractivity contribution in [3.8, 4) is 0 Å². The number of aliphatic hydroxyl groups excluding tert-OH is 1. The lowest BCUT2D eigenvalue weighted by Gasteiger charge is -2.24. The summed E-state index contributed by atoms with van der Waals surface area (Å²) >= 11 is 0. The highest BCUT2D eigenvalue weighted by molar-refractivity contribution is 7.86. The third-order valence-corrected chi connectivity index (χ3v) is 4.44. The summed E-state index contributed by atoms with van der Waals surface area (Å²) in [5, 5.41) is 8.66. The Morgan fingerprint density at radius 3 is 1.94 bits per heavy atom. The largest absolute Gasteiger partial charge is 0.396 e. The molecule has 0 saturated carbocycles. The summed E-state index contributed by atoms with van der Waals surface area (Å²) in [6.45, 7) is 3.01. The van der Waals surface area contributed by atoms with Gasteiger partial charge in [-0.1, -0.05) is 19.8 Å². The molecule has 0 heterocycles. The maximum Gasteiger partial charge on any atom is 0.281 e. The molecule has 0 radical (unpaired) electrons. The first-order valence-electron chi connectivity index (χ1n) is 5.75. The highest BCUT2D eigenvalue weighted by atomic mass is 32.2. The van der Waals surface area contributed by atoms with Crippen LogP contribution in [0.1, 0.15) is 32.6 Å². The monoisotopic (exact) mass is 252 g/mol. The zero-order valence-electron chi connectivity index (χ0n) is 10.5. The third-order valence-electron chi connectivity index (χ3n) is 2.50. The molecule has 0 saturated heterocycles. The van der Waals surface area contributed by atoms with E-state index in [0.717, 1.165) is 19.3 Å². The van der Waals surface area contributed by atoms with Gasteiger partial charge in [0.25, 0.3) is 10.2 Å². The Morgan fingerprint density at radius 1 is 1.00 bits per heavy atom. The van der Waals surface area contributed by atoms with Crippen LogP contribution >= 0.6 is 0 Å². The van der Waals surface area contributed by atoms with E-state index in [0.29, 0.717) is 19.5 Å². The van der Waals surface area contributed by atoms with Crippen LogP contribution in [-0.4, -0.2) is 55.9 Å². The maximum absolute atomic E-state index is 11.9. The van der Waals surface area contributed by atoms with Crippen LogP contribution in [0.2, 0.25) is 0 Å². The lowest BCUT2D eigenvalue weighted by molar-refractivity contribution is 0.272. The highest BCUT2D eigenvalue weighted by Crippen LogP contribution is 2.06. The fourth-order valence-electron chi connectivity index (χ4n) is 1.35. The first-order valence-corrected chi connectivity index (χ1v) is 7.15. The molecule has 0 unspecified atom stereocenters. The van der Waals surface area contributed by atoms with E-state index in [1.807, 2.05) is 0 Å². The molecule has 0 aliphatic heterocycles. The first-order chi connectivity index (χ1) is 7.46. The second-order valence-electron chi connectivity index (χ2n) is 3.94. The number of hydrogen-bond acceptors (Lipinski definition) is 3. The van der Waals surface area contributed by atoms with Gasteiger partial charge in [0.1, 0.15) is 0 Å². The summed E-state index contributed by atoms with van der Waals surface area (Å²) in [5.41, 5.74) is 0. The number of aliphatic hydroxyl groups is 1. The van der Waals surface area contributed by atoms with Crippen LogP contribution in [0.15, 0.2) is 0 Å². The van der Waals surface area contributed by atoms with Crippen molar-refractivity contribution in [2.75, 3.05) is 33.8 Å². The minimum Gasteiger partial charge on any atom is -0.396 e. The number of nitrogens with zero attached hydrogens (tertiary/aromatic N) is 2. The van der Waals surface area contributed by atoms with Crippen LogP contribution in [0.5, 0.6) is 0 Å². The molecule has 0 rings (SSSR count). The van der Waals surface area contributed by atoms with Crippen molar-refractivity contribution < 1.29 is 13.5 Å². The Labute approximate surface area is 99.2 Å². The predicted octanol–water partition coefficient (Wildman–Crippen LogP) is 0.667. The topological polar surface area (TPSA) is 60.9 Å². The van der Waals surface area contributed by atoms with Gasteiger partial charge in [-0.05, 0) is 12.8 Å². The Bertz CT molecular complexity index is 267. The molecule has 5 nitrogen and oxygen atoms in total. The molecule has 0 bridgehead atoms. The Kier molecular flexibility index (Phi) is 7.91. The van der Waals surface area contributed by atoms with Crippen molar-refractivity contribution in [1.82, 2.24) is 8.61 Å². The molecule has 0 aromatic rings. The molecule has 0 aliphatic carbocycles. The van der Waals surface area contributed by atoms with Crippen molar-refractivity contribution in [3.05, 3.63) is 0 Å². The van der Waals surface area contributed by atoms with Crippen LogP contribution in [0.3, 0.4) is 0 Å². The quantitative estimate of drug-likeness (QED) is 0.613. The summed E-state index contributed by atoms with van der Waals surface area (Å²) in [4.78, 5) is 0. The van der Waals surface area contributed by atoms with E-state index < -0.39 is 10.2 Å². The lowest BCUT2D eigenvalue weighted by Crippen LogP contribution is -2.40. The number of hydrogen-bond donors (Lipinski definition) is 1. The van der Waals surface area contributed by atoms with Gasteiger partial charge in [0.15, 0.2) is 0 Å². The summed E-state index contributed by atoms with van der Waals surface area (Å²) in [6, 6.07) is 0. The van der Waals surface area contributed by atoms with Gasteiger partial charge in [-0.3, -0.25) is 0 Å². The van der Waals surface area contributed by atoms with Crippen LogP contribution in [0.4, 0.5) is 0 Å². The summed E-state index contributed by atoms with van der Waals surface area (Å²) in [6.07, 6.45) is 3.48. The van der Waals surface area contributed by atoms with Crippen molar-refractivity contribution >= 4 is 10.2 Å². The fraction of sp³-hybridized carbons (Fsp3) is 1.00. The molecule has 0 aromatic heterocycles. The van der Waals surface area contributed by atoms with Gasteiger partial charge in [-0.25, -0.2) is 0 Å². The lowest BCUT2D eigenvalue weighted by atomic mass is 10.2. The van der Waals surface area contributed by atoms with Crippen LogP contribution in [0, 0.1) is 0 Å². The summed E-state index contributed by atoms with van der Waals surface area (Å²) < 4.78 is 26.5. The zero-order chi connectivity index (χ0) is 12.6. The summed E-state index contributed by atoms with van der Waals surface area (Å²) in [7, 11) is -0.196. The standard InChI is InChI=1S/C10H24N2O3S/c1-4-5-6-8-11(2)16(14,15)12(3)9-7-10-13/h13H,4-10H2,1-3H3. The van der Waals surface area contributed by atoms with E-state index in [4.69, 9.17) is 5.11 Å². The van der Waals surface area contributed by atoms with Gasteiger partial charge in [0.05, 0.1) is 0 Å². The zero-order valence-corrected chi connectivity index (χ0v) is 11.3. The van der Waals surface area contributed by atoms with Gasteiger partial charge in [-0.15, -0.1) is 0 Å². The smallest absolute Gasteiger partial charge is 0.281 e. The molecule has 0 aromatic carbocycles. The van der Waals surface area contributed by atoms with E-state index in [-0.39, 0.29) is 6.61 Å². The third kappa shape index (κ3) is 5.25. The normalized spacial score (nSPS) is 12.6. The van der Waals surface area contributed by atoms with E-state index in [2.05, 4.69) is 6.92 Å². The van der Waals surface area contributed by atoms with E-state index in [1.165, 1.54) is 8.61 Å². The molecule has 0 amide bonds. The van der Waals surface area contributed by atoms with E-state index in [9.17, 15) is 8.42 Å². The average molecular weight is 252 g/mol. The van der Waals surface area contributed by atoms with E-state index >= 15 is 0 Å². The van der Waals surface area contributed by atoms with Gasteiger partial charge in [-0.2, -0.15) is 17.0 Å². The number of unbranched alkanes of at least 4 members (excludes halogenated alkanes) is 2. The molecular weight excluding hydrogens is 228 g/mol. The summed E-state index contributed by atoms with van der Waals surface area (Å²) in [5.74, 6) is 0. The Balaban J connectivity index is 4.18. The van der Waals surface area contributed by atoms with Crippen molar-refractivity contribution in [3.63, 3.8) is 0 Å². The van der Waals surface area contributed by atoms with Crippen LogP contribution in [0.25, 0.3) is 0 Å². The first kappa shape index (κ1) is 15.8. The fourth-order valence-corrected chi connectivity index (χ4v) is 2.54. The SMILES string of the molecule is CCCCCN(C)S(=O)(=O)N(C)CCCO. The second kappa shape index (κ2) is 8.00. The van der Waals surface area contributed by atoms with Gasteiger partial charge in [0.2, 0.25) is 0 Å². The molecule has 0 fully saturated rings. The second-order valence-corrected chi connectivity index (χ2v) is 6.08. The van der Waals surface area contributed by atoms with Gasteiger partial charge in [0, 0.05) is 33.8 Å². The molecule has 0 atom stereocenters. The predicted molar refractivity (Wildman–Crippen MR) is 65.4 cm³/mol. The Morgan fingerprint density at radius 2 is 1.50 bits per heavy atom. The molecule has 0 spiro atoms. The van der Waals surface area contributed by atoms with Gasteiger partial charge < -0.3 is 5.11 Å². The molecule has 0 aliphatic rings. The molecule has 16 heavy (non-hydrogen) atoms. The van der Waals surface area contributed by atoms with Crippen LogP contribution < -0.4 is 0 Å². The maximum atomic E-state index is 11.9. The average Bonchev–Trinajstić information content (AvgIpc) is 2.25. The van der Waals surface area contributed by atoms with Crippen molar-refractivity contribution in [2.45, 2.75) is 32.6 Å². The highest BCUT2D eigenvalue weighted by Gasteiger charge is 2.22. The van der Waals surface area contributed by atoms with Crippen molar-refractivity contribution in [2.24, 2.45) is 0 Å². The Hall–Kier alpha value is -0.170. The minimum atomic E-state index is -3.34. The molecule has 6 heteroatoms. The van der Waals surface area contributed by atoms with E-state index in [1.54, 1.807) is 14.1 Å². The van der Waals surface area contributed by atoms with Crippen LogP contribution in [-0.2, 0) is 10.2 Å². The molecular formula is C10H24N2O3S. The molecule has 1 N–H and O–H groups in total. The van der Waals surface area contributed by atoms with Crippen molar-refractivity contribution in [1.29, 1.82) is 0 Å². The minimum absolute atomic E-state index is 0.0133. The number of rotatable bonds is 9. The van der Waals surface area contributed by atoms with Gasteiger partial charge >= 0.3 is 0 Å². The molecule has 98 valence electrons.